The molecule has 56 heavy (non-hydrogen) atoms. The van der Waals surface area contributed by atoms with E-state index in [2.05, 4.69) is 79.5 Å². The molecule has 0 bridgehead atoms. The number of hydrogen-bond acceptors (Lipinski definition) is 10. The molecule has 2 saturated heterocycles. The second-order valence-electron chi connectivity index (χ2n) is 14.4. The first-order valence-corrected chi connectivity index (χ1v) is 20.7. The van der Waals surface area contributed by atoms with Gasteiger partial charge in [-0.1, -0.05) is 54.6 Å². The van der Waals surface area contributed by atoms with Crippen LogP contribution >= 0.6 is 34.2 Å². The fourth-order valence-corrected chi connectivity index (χ4v) is 8.93. The van der Waals surface area contributed by atoms with Crippen molar-refractivity contribution >= 4 is 68.5 Å². The van der Waals surface area contributed by atoms with Crippen LogP contribution in [0.1, 0.15) is 42.5 Å². The standard InChI is InChI=1S/C42H46ClIN8O4/c1-2-38(53)52-23-22-51(25-32(52)15-17-45)40-34-16-21-50(37-14-5-10-30-9-4-13-35(43)39(30)37)26-36(34)47-41(48-40)55-28-33-12-6-19-49(33)20-7-18-46-42(54)56-27-29-8-3-11-31(44)24-29/h2-5,8-11,13-14,24,32-33H,1,6-7,12,15-16,18-23,25-28H2,(H,46,54)/t32-,33-/m0/s1. The van der Waals surface area contributed by atoms with Crippen LogP contribution in [0.25, 0.3) is 10.8 Å². The lowest BCUT2D eigenvalue weighted by molar-refractivity contribution is -0.128. The van der Waals surface area contributed by atoms with Gasteiger partial charge in [-0.05, 0) is 96.1 Å². The van der Waals surface area contributed by atoms with Gasteiger partial charge in [0.2, 0.25) is 5.91 Å². The fourth-order valence-electron chi connectivity index (χ4n) is 8.04. The molecule has 3 aliphatic rings. The van der Waals surface area contributed by atoms with Crippen molar-refractivity contribution in [3.05, 3.63) is 98.7 Å². The number of carbonyl (C=O) groups excluding carboxylic acids is 2. The van der Waals surface area contributed by atoms with Gasteiger partial charge in [0, 0.05) is 65.5 Å². The zero-order chi connectivity index (χ0) is 39.0. The maximum absolute atomic E-state index is 12.7. The summed E-state index contributed by atoms with van der Waals surface area (Å²) in [5.41, 5.74) is 3.97. The van der Waals surface area contributed by atoms with Crippen molar-refractivity contribution in [2.45, 2.75) is 57.3 Å². The van der Waals surface area contributed by atoms with Gasteiger partial charge in [-0.15, -0.1) is 0 Å². The van der Waals surface area contributed by atoms with Crippen LogP contribution in [-0.2, 0) is 29.1 Å². The van der Waals surface area contributed by atoms with Crippen LogP contribution in [0.3, 0.4) is 0 Å². The molecule has 4 aromatic rings. The van der Waals surface area contributed by atoms with Gasteiger partial charge in [-0.25, -0.2) is 4.79 Å². The minimum atomic E-state index is -0.416. The van der Waals surface area contributed by atoms with E-state index in [1.165, 1.54) is 6.08 Å². The Kier molecular flexibility index (Phi) is 13.1. The number of hydrogen-bond donors (Lipinski definition) is 1. The number of fused-ring (bicyclic) bond motifs is 2. The summed E-state index contributed by atoms with van der Waals surface area (Å²) in [6.07, 6.45) is 4.66. The first kappa shape index (κ1) is 39.6. The predicted molar refractivity (Wildman–Crippen MR) is 226 cm³/mol. The van der Waals surface area contributed by atoms with E-state index < -0.39 is 6.09 Å². The number of aromatic nitrogens is 2. The maximum Gasteiger partial charge on any atom is 0.407 e. The Balaban J connectivity index is 1.04. The van der Waals surface area contributed by atoms with Crippen LogP contribution in [0.2, 0.25) is 5.02 Å². The number of halogens is 2. The molecular formula is C42H46ClIN8O4. The van der Waals surface area contributed by atoms with Crippen molar-refractivity contribution in [3.63, 3.8) is 0 Å². The fraction of sp³-hybridized carbons (Fsp3) is 0.405. The smallest absolute Gasteiger partial charge is 0.407 e. The first-order valence-electron chi connectivity index (χ1n) is 19.2. The van der Waals surface area contributed by atoms with Gasteiger partial charge in [0.25, 0.3) is 0 Å². The van der Waals surface area contributed by atoms with E-state index in [0.29, 0.717) is 56.8 Å². The molecule has 2 fully saturated rings. The number of ether oxygens (including phenoxy) is 2. The van der Waals surface area contributed by atoms with E-state index in [1.54, 1.807) is 4.90 Å². The van der Waals surface area contributed by atoms with Crippen molar-refractivity contribution < 1.29 is 19.1 Å². The number of carbonyl (C=O) groups is 2. The normalized spacial score (nSPS) is 18.3. The maximum atomic E-state index is 12.7. The van der Waals surface area contributed by atoms with Crippen LogP contribution in [0.4, 0.5) is 16.3 Å². The van der Waals surface area contributed by atoms with Crippen molar-refractivity contribution in [3.8, 4) is 12.1 Å². The lowest BCUT2D eigenvalue weighted by Crippen LogP contribution is -2.55. The van der Waals surface area contributed by atoms with Gasteiger partial charge < -0.3 is 29.5 Å². The molecule has 0 saturated carbocycles. The second-order valence-corrected chi connectivity index (χ2v) is 16.0. The Labute approximate surface area is 346 Å². The zero-order valence-corrected chi connectivity index (χ0v) is 34.3. The Bertz CT molecular complexity index is 2110. The average molecular weight is 889 g/mol. The van der Waals surface area contributed by atoms with Crippen LogP contribution in [0.5, 0.6) is 6.01 Å². The Hall–Kier alpha value is -4.65. The van der Waals surface area contributed by atoms with E-state index in [1.807, 2.05) is 36.4 Å². The van der Waals surface area contributed by atoms with Crippen molar-refractivity contribution in [1.29, 1.82) is 5.26 Å². The molecule has 2 atom stereocenters. The highest BCUT2D eigenvalue weighted by Gasteiger charge is 2.34. The lowest BCUT2D eigenvalue weighted by atomic mass is 10.0. The highest BCUT2D eigenvalue weighted by atomic mass is 127. The van der Waals surface area contributed by atoms with Crippen molar-refractivity contribution in [1.82, 2.24) is 25.1 Å². The molecule has 14 heteroatoms. The van der Waals surface area contributed by atoms with E-state index in [-0.39, 0.29) is 31.0 Å². The third kappa shape index (κ3) is 9.30. The van der Waals surface area contributed by atoms with E-state index in [0.717, 1.165) is 81.6 Å². The average Bonchev–Trinajstić information content (AvgIpc) is 3.67. The highest BCUT2D eigenvalue weighted by Crippen LogP contribution is 2.37. The number of rotatable bonds is 13. The van der Waals surface area contributed by atoms with Crippen LogP contribution < -0.4 is 19.9 Å². The molecule has 1 aromatic heterocycles. The van der Waals surface area contributed by atoms with Gasteiger partial charge >= 0.3 is 12.1 Å². The van der Waals surface area contributed by atoms with E-state index >= 15 is 0 Å². The topological polar surface area (TPSA) is 127 Å². The van der Waals surface area contributed by atoms with Gasteiger partial charge in [0.1, 0.15) is 19.0 Å². The molecule has 1 N–H and O–H groups in total. The molecule has 4 heterocycles. The summed E-state index contributed by atoms with van der Waals surface area (Å²) < 4.78 is 13.0. The number of nitrogens with one attached hydrogen (secondary N) is 1. The molecular weight excluding hydrogens is 843 g/mol. The summed E-state index contributed by atoms with van der Waals surface area (Å²) >= 11 is 9.00. The highest BCUT2D eigenvalue weighted by molar-refractivity contribution is 14.1. The number of likely N-dealkylation sites (tertiary alicyclic amines) is 1. The largest absolute Gasteiger partial charge is 0.462 e. The summed E-state index contributed by atoms with van der Waals surface area (Å²) in [4.78, 5) is 43.8. The van der Waals surface area contributed by atoms with Gasteiger partial charge in [0.05, 0.1) is 35.8 Å². The lowest BCUT2D eigenvalue weighted by Gasteiger charge is -2.42. The molecule has 3 aromatic carbocycles. The molecule has 12 nitrogen and oxygen atoms in total. The van der Waals surface area contributed by atoms with Gasteiger partial charge in [-0.2, -0.15) is 15.2 Å². The predicted octanol–water partition coefficient (Wildman–Crippen LogP) is 6.73. The monoisotopic (exact) mass is 888 g/mol. The quantitative estimate of drug-likeness (QED) is 0.0878. The summed E-state index contributed by atoms with van der Waals surface area (Å²) in [5, 5.41) is 15.3. The molecule has 0 unspecified atom stereocenters. The third-order valence-electron chi connectivity index (χ3n) is 10.8. The Morgan fingerprint density at radius 1 is 1.05 bits per heavy atom. The molecule has 292 valence electrons. The molecule has 0 aliphatic carbocycles. The van der Waals surface area contributed by atoms with E-state index in [4.69, 9.17) is 31.0 Å². The minimum absolute atomic E-state index is 0.169. The SMILES string of the molecule is C=CC(=O)N1CCN(c2nc(OC[C@@H]3CCCN3CCCNC(=O)OCc3cccc(I)c3)nc3c2CCN(c2cccc4cccc(Cl)c24)C3)C[C@@H]1CC#N. The summed E-state index contributed by atoms with van der Waals surface area (Å²) in [6, 6.07) is 22.6. The molecule has 3 aliphatic heterocycles. The van der Waals surface area contributed by atoms with Crippen LogP contribution in [-0.4, -0.2) is 96.3 Å². The molecule has 2 amide bonds. The number of benzene rings is 3. The van der Waals surface area contributed by atoms with Gasteiger partial charge in [-0.3, -0.25) is 9.69 Å². The van der Waals surface area contributed by atoms with Crippen molar-refractivity contribution in [2.24, 2.45) is 0 Å². The Morgan fingerprint density at radius 3 is 2.71 bits per heavy atom. The second kappa shape index (κ2) is 18.5. The summed E-state index contributed by atoms with van der Waals surface area (Å²) in [7, 11) is 0. The minimum Gasteiger partial charge on any atom is -0.462 e. The van der Waals surface area contributed by atoms with Crippen LogP contribution in [0, 0.1) is 14.9 Å². The number of anilines is 2. The first-order chi connectivity index (χ1) is 27.3. The number of amides is 2. The number of nitrogens with zero attached hydrogens (tertiary/aromatic N) is 7. The Morgan fingerprint density at radius 2 is 1.89 bits per heavy atom. The number of alkyl carbamates (subject to hydrolysis) is 1. The third-order valence-corrected chi connectivity index (χ3v) is 11.8. The number of nitriles is 1. The van der Waals surface area contributed by atoms with Crippen molar-refractivity contribution in [2.75, 3.05) is 62.2 Å². The number of piperazine rings is 1. The van der Waals surface area contributed by atoms with Gasteiger partial charge in [0.15, 0.2) is 0 Å². The van der Waals surface area contributed by atoms with Crippen LogP contribution in [0.15, 0.2) is 73.3 Å². The molecule has 0 radical (unpaired) electrons. The van der Waals surface area contributed by atoms with E-state index in [9.17, 15) is 14.9 Å². The summed E-state index contributed by atoms with van der Waals surface area (Å²) in [6.45, 7) is 9.44. The zero-order valence-electron chi connectivity index (χ0n) is 31.3. The molecule has 7 rings (SSSR count). The molecule has 0 spiro atoms. The summed E-state index contributed by atoms with van der Waals surface area (Å²) in [5.74, 6) is 0.634.